The Morgan fingerprint density at radius 3 is 2.61 bits per heavy atom. The molecule has 1 amide bonds. The van der Waals surface area contributed by atoms with E-state index >= 15 is 0 Å². The number of halogens is 2. The zero-order valence-electron chi connectivity index (χ0n) is 16.3. The van der Waals surface area contributed by atoms with Crippen LogP contribution in [-0.2, 0) is 17.8 Å². The summed E-state index contributed by atoms with van der Waals surface area (Å²) in [6, 6.07) is 3.58. The van der Waals surface area contributed by atoms with E-state index in [1.54, 1.807) is 11.5 Å². The number of benzene rings is 1. The number of rotatable bonds is 7. The molecule has 1 heterocycles. The Bertz CT molecular complexity index is 918. The third-order valence-electron chi connectivity index (χ3n) is 5.41. The van der Waals surface area contributed by atoms with Gasteiger partial charge in [0.2, 0.25) is 5.91 Å². The number of nitrogens with zero attached hydrogens (tertiary/aromatic N) is 1. The number of fused-ring (bicyclic) bond motifs is 3. The highest BCUT2D eigenvalue weighted by molar-refractivity contribution is 6.39. The molecule has 0 radical (unpaired) electrons. The van der Waals surface area contributed by atoms with E-state index in [9.17, 15) is 9.59 Å². The SMILES string of the molecule is CC1(C)CC(=O)c2c(n(CCCCCCC(=O)NO)c3c(Cl)cc(Cl)cc23)C1. The summed E-state index contributed by atoms with van der Waals surface area (Å²) in [6.07, 6.45) is 5.19. The molecular formula is C21H26Cl2N2O3. The van der Waals surface area contributed by atoms with Gasteiger partial charge in [-0.3, -0.25) is 14.8 Å². The van der Waals surface area contributed by atoms with E-state index in [0.29, 0.717) is 22.9 Å². The fourth-order valence-corrected chi connectivity index (χ4v) is 4.80. The quantitative estimate of drug-likeness (QED) is 0.347. The second-order valence-electron chi connectivity index (χ2n) is 8.40. The van der Waals surface area contributed by atoms with Crippen LogP contribution in [0.15, 0.2) is 12.1 Å². The highest BCUT2D eigenvalue weighted by Crippen LogP contribution is 2.42. The van der Waals surface area contributed by atoms with Crippen LogP contribution in [0.1, 0.15) is 68.4 Å². The molecular weight excluding hydrogens is 399 g/mol. The molecule has 2 aromatic rings. The molecule has 1 aliphatic rings. The first-order valence-corrected chi connectivity index (χ1v) is 10.5. The van der Waals surface area contributed by atoms with E-state index < -0.39 is 0 Å². The number of Topliss-reactive ketones (excluding diaryl/α,β-unsaturated/α-hetero) is 1. The van der Waals surface area contributed by atoms with Gasteiger partial charge in [0.25, 0.3) is 0 Å². The lowest BCUT2D eigenvalue weighted by Crippen LogP contribution is -2.28. The second-order valence-corrected chi connectivity index (χ2v) is 9.24. The molecule has 1 aromatic carbocycles. The molecule has 0 unspecified atom stereocenters. The van der Waals surface area contributed by atoms with E-state index in [0.717, 1.165) is 60.8 Å². The topological polar surface area (TPSA) is 71.3 Å². The summed E-state index contributed by atoms with van der Waals surface area (Å²) in [4.78, 5) is 24.0. The van der Waals surface area contributed by atoms with E-state index in [2.05, 4.69) is 18.4 Å². The molecule has 0 atom stereocenters. The van der Waals surface area contributed by atoms with Crippen molar-refractivity contribution in [2.45, 2.75) is 65.3 Å². The Hall–Kier alpha value is -1.56. The fraction of sp³-hybridized carbons (Fsp3) is 0.524. The number of carbonyl (C=O) groups is 2. The monoisotopic (exact) mass is 424 g/mol. The standard InChI is InChI=1S/C21H26Cl2N2O3/c1-21(2)11-16-19(17(26)12-21)14-9-13(22)10-15(23)20(14)25(16)8-6-4-3-5-7-18(27)24-28/h9-10,28H,3-8,11-12H2,1-2H3,(H,24,27). The average molecular weight is 425 g/mol. The van der Waals surface area contributed by atoms with Crippen LogP contribution in [0.5, 0.6) is 0 Å². The van der Waals surface area contributed by atoms with Crippen molar-refractivity contribution in [2.75, 3.05) is 0 Å². The van der Waals surface area contributed by atoms with Crippen molar-refractivity contribution in [3.8, 4) is 0 Å². The van der Waals surface area contributed by atoms with Crippen LogP contribution in [0, 0.1) is 5.41 Å². The molecule has 5 nitrogen and oxygen atoms in total. The maximum atomic E-state index is 12.9. The van der Waals surface area contributed by atoms with Gasteiger partial charge < -0.3 is 4.57 Å². The van der Waals surface area contributed by atoms with Crippen molar-refractivity contribution >= 4 is 45.8 Å². The molecule has 0 aliphatic heterocycles. The smallest absolute Gasteiger partial charge is 0.243 e. The predicted molar refractivity (Wildman–Crippen MR) is 111 cm³/mol. The second kappa shape index (κ2) is 8.44. The van der Waals surface area contributed by atoms with Gasteiger partial charge in [0.1, 0.15) is 0 Å². The van der Waals surface area contributed by atoms with Crippen LogP contribution in [0.3, 0.4) is 0 Å². The number of aromatic nitrogens is 1. The molecule has 0 bridgehead atoms. The lowest BCUT2D eigenvalue weighted by molar-refractivity contribution is -0.129. The van der Waals surface area contributed by atoms with Gasteiger partial charge in [-0.2, -0.15) is 0 Å². The number of unbranched alkanes of at least 4 members (excludes halogenated alkanes) is 3. The molecule has 0 spiro atoms. The number of hydrogen-bond donors (Lipinski definition) is 2. The van der Waals surface area contributed by atoms with Crippen molar-refractivity contribution in [2.24, 2.45) is 5.41 Å². The van der Waals surface area contributed by atoms with Gasteiger partial charge in [-0.25, -0.2) is 5.48 Å². The van der Waals surface area contributed by atoms with E-state index in [1.165, 1.54) is 0 Å². The molecule has 7 heteroatoms. The van der Waals surface area contributed by atoms with Crippen LogP contribution in [-0.4, -0.2) is 21.5 Å². The van der Waals surface area contributed by atoms with Gasteiger partial charge >= 0.3 is 0 Å². The van der Waals surface area contributed by atoms with E-state index in [1.807, 2.05) is 6.07 Å². The van der Waals surface area contributed by atoms with Gasteiger partial charge in [-0.1, -0.05) is 49.9 Å². The molecule has 28 heavy (non-hydrogen) atoms. The zero-order valence-corrected chi connectivity index (χ0v) is 17.8. The van der Waals surface area contributed by atoms with Crippen molar-refractivity contribution in [3.63, 3.8) is 0 Å². The molecule has 0 fully saturated rings. The number of hydroxylamine groups is 1. The van der Waals surface area contributed by atoms with Gasteiger partial charge in [0.05, 0.1) is 10.5 Å². The molecule has 2 N–H and O–H groups in total. The minimum atomic E-state index is -0.352. The molecule has 1 aromatic heterocycles. The number of aryl methyl sites for hydroxylation is 1. The number of carbonyl (C=O) groups excluding carboxylic acids is 2. The molecule has 3 rings (SSSR count). The minimum absolute atomic E-state index is 0.0792. The first-order valence-electron chi connectivity index (χ1n) is 9.70. The van der Waals surface area contributed by atoms with E-state index in [-0.39, 0.29) is 17.1 Å². The largest absolute Gasteiger partial charge is 0.343 e. The summed E-state index contributed by atoms with van der Waals surface area (Å²) in [5, 5.41) is 10.5. The molecule has 0 saturated heterocycles. The Morgan fingerprint density at radius 1 is 1.18 bits per heavy atom. The van der Waals surface area contributed by atoms with Gasteiger partial charge in [-0.05, 0) is 36.8 Å². The summed E-state index contributed by atoms with van der Waals surface area (Å²) >= 11 is 12.8. The predicted octanol–water partition coefficient (Wildman–Crippen LogP) is 5.56. The fourth-order valence-electron chi connectivity index (χ4n) is 4.20. The van der Waals surface area contributed by atoms with Crippen molar-refractivity contribution in [3.05, 3.63) is 33.4 Å². The Labute approximate surface area is 174 Å². The van der Waals surface area contributed by atoms with Crippen molar-refractivity contribution < 1.29 is 14.8 Å². The maximum Gasteiger partial charge on any atom is 0.243 e. The maximum absolute atomic E-state index is 12.9. The summed E-state index contributed by atoms with van der Waals surface area (Å²) < 4.78 is 2.20. The van der Waals surface area contributed by atoms with Gasteiger partial charge in [-0.15, -0.1) is 0 Å². The third kappa shape index (κ3) is 4.37. The highest BCUT2D eigenvalue weighted by Gasteiger charge is 2.35. The zero-order chi connectivity index (χ0) is 20.5. The Balaban J connectivity index is 1.85. The van der Waals surface area contributed by atoms with Crippen LogP contribution < -0.4 is 5.48 Å². The average Bonchev–Trinajstić information content (AvgIpc) is 2.90. The number of hydrogen-bond acceptors (Lipinski definition) is 3. The third-order valence-corrected chi connectivity index (χ3v) is 5.91. The number of ketones is 1. The highest BCUT2D eigenvalue weighted by atomic mass is 35.5. The number of amides is 1. The van der Waals surface area contributed by atoms with E-state index in [4.69, 9.17) is 28.4 Å². The number of nitrogens with one attached hydrogen (secondary N) is 1. The van der Waals surface area contributed by atoms with Crippen LogP contribution in [0.2, 0.25) is 10.0 Å². The normalized spacial score (nSPS) is 15.7. The van der Waals surface area contributed by atoms with Crippen LogP contribution in [0.25, 0.3) is 10.9 Å². The van der Waals surface area contributed by atoms with Crippen LogP contribution in [0.4, 0.5) is 0 Å². The summed E-state index contributed by atoms with van der Waals surface area (Å²) in [5.74, 6) is -0.196. The lowest BCUT2D eigenvalue weighted by Gasteiger charge is -2.30. The summed E-state index contributed by atoms with van der Waals surface area (Å²) in [6.45, 7) is 5.01. The summed E-state index contributed by atoms with van der Waals surface area (Å²) in [5.41, 5.74) is 4.30. The molecule has 152 valence electrons. The van der Waals surface area contributed by atoms with Gasteiger partial charge in [0.15, 0.2) is 5.78 Å². The van der Waals surface area contributed by atoms with Gasteiger partial charge in [0, 0.05) is 41.1 Å². The van der Waals surface area contributed by atoms with Crippen LogP contribution >= 0.6 is 23.2 Å². The molecule has 0 saturated carbocycles. The first-order chi connectivity index (χ1) is 13.2. The lowest BCUT2D eigenvalue weighted by atomic mass is 9.75. The van der Waals surface area contributed by atoms with Crippen molar-refractivity contribution in [1.82, 2.24) is 10.0 Å². The Morgan fingerprint density at radius 2 is 1.89 bits per heavy atom. The minimum Gasteiger partial charge on any atom is -0.343 e. The Kier molecular flexibility index (Phi) is 6.37. The molecule has 1 aliphatic carbocycles. The summed E-state index contributed by atoms with van der Waals surface area (Å²) in [7, 11) is 0. The van der Waals surface area contributed by atoms with Crippen molar-refractivity contribution in [1.29, 1.82) is 0 Å². The first kappa shape index (κ1) is 21.2.